The maximum Gasteiger partial charge on any atom is 0.342 e. The van der Waals surface area contributed by atoms with Crippen molar-refractivity contribution in [3.05, 3.63) is 53.1 Å². The molecule has 9 heteroatoms. The number of aryl methyl sites for hydroxylation is 2. The van der Waals surface area contributed by atoms with Crippen LogP contribution in [-0.2, 0) is 19.6 Å². The molecule has 1 amide bonds. The minimum absolute atomic E-state index is 0.0970. The summed E-state index contributed by atoms with van der Waals surface area (Å²) in [5, 5.41) is 7.83. The fourth-order valence-electron chi connectivity index (χ4n) is 2.54. The van der Waals surface area contributed by atoms with Crippen LogP contribution in [0.25, 0.3) is 0 Å². The topological polar surface area (TPSA) is 125 Å². The molecule has 0 aliphatic rings. The monoisotopic (exact) mass is 406 g/mol. The van der Waals surface area contributed by atoms with Gasteiger partial charge in [-0.05, 0) is 50.1 Å². The van der Waals surface area contributed by atoms with Crippen LogP contribution < -0.4 is 15.2 Å². The van der Waals surface area contributed by atoms with E-state index in [-0.39, 0.29) is 16.2 Å². The van der Waals surface area contributed by atoms with Crippen LogP contribution in [0.4, 0.5) is 5.69 Å². The molecule has 0 heterocycles. The molecule has 2 aromatic rings. The fourth-order valence-corrected chi connectivity index (χ4v) is 3.08. The maximum absolute atomic E-state index is 12.5. The number of rotatable bonds is 6. The van der Waals surface area contributed by atoms with Crippen LogP contribution in [0.5, 0.6) is 5.75 Å². The highest BCUT2D eigenvalue weighted by Crippen LogP contribution is 2.24. The van der Waals surface area contributed by atoms with Gasteiger partial charge in [0.25, 0.3) is 5.91 Å². The highest BCUT2D eigenvalue weighted by Gasteiger charge is 2.24. The molecular formula is C19H22N2O6S. The van der Waals surface area contributed by atoms with Crippen molar-refractivity contribution in [3.8, 4) is 5.75 Å². The number of para-hydroxylation sites is 1. The van der Waals surface area contributed by atoms with Gasteiger partial charge in [0, 0.05) is 5.69 Å². The Morgan fingerprint density at radius 2 is 1.71 bits per heavy atom. The number of benzene rings is 2. The van der Waals surface area contributed by atoms with E-state index < -0.39 is 28.0 Å². The van der Waals surface area contributed by atoms with Crippen LogP contribution in [0.3, 0.4) is 0 Å². The second-order valence-electron chi connectivity index (χ2n) is 6.21. The number of amides is 1. The Morgan fingerprint density at radius 1 is 1.11 bits per heavy atom. The molecule has 0 saturated carbocycles. The van der Waals surface area contributed by atoms with Gasteiger partial charge in [-0.3, -0.25) is 4.79 Å². The number of methoxy groups -OCH3 is 1. The molecule has 8 nitrogen and oxygen atoms in total. The number of carbonyl (C=O) groups is 2. The summed E-state index contributed by atoms with van der Waals surface area (Å²) in [6, 6.07) is 9.12. The summed E-state index contributed by atoms with van der Waals surface area (Å²) in [6.07, 6.45) is -1.13. The summed E-state index contributed by atoms with van der Waals surface area (Å²) in [5.74, 6) is -1.33. The Kier molecular flexibility index (Phi) is 6.42. The van der Waals surface area contributed by atoms with Gasteiger partial charge in [-0.2, -0.15) is 0 Å². The van der Waals surface area contributed by atoms with Crippen LogP contribution in [0.15, 0.2) is 41.3 Å². The molecule has 0 radical (unpaired) electrons. The summed E-state index contributed by atoms with van der Waals surface area (Å²) in [7, 11) is -2.70. The van der Waals surface area contributed by atoms with E-state index in [1.54, 1.807) is 0 Å². The molecule has 0 unspecified atom stereocenters. The molecule has 2 rings (SSSR count). The van der Waals surface area contributed by atoms with Crippen molar-refractivity contribution in [1.82, 2.24) is 0 Å². The van der Waals surface area contributed by atoms with Gasteiger partial charge in [-0.25, -0.2) is 18.4 Å². The summed E-state index contributed by atoms with van der Waals surface area (Å²) in [5.41, 5.74) is 2.23. The van der Waals surface area contributed by atoms with E-state index in [9.17, 15) is 18.0 Å². The average Bonchev–Trinajstić information content (AvgIpc) is 2.63. The first kappa shape index (κ1) is 21.4. The molecule has 28 heavy (non-hydrogen) atoms. The number of anilines is 1. The van der Waals surface area contributed by atoms with Gasteiger partial charge in [0.1, 0.15) is 11.3 Å². The maximum atomic E-state index is 12.5. The van der Waals surface area contributed by atoms with E-state index >= 15 is 0 Å². The van der Waals surface area contributed by atoms with Crippen LogP contribution in [0.2, 0.25) is 0 Å². The second kappa shape index (κ2) is 8.41. The number of nitrogens with two attached hydrogens (primary N) is 1. The molecule has 0 aromatic heterocycles. The Morgan fingerprint density at radius 3 is 2.25 bits per heavy atom. The zero-order chi connectivity index (χ0) is 21.1. The predicted molar refractivity (Wildman–Crippen MR) is 104 cm³/mol. The van der Waals surface area contributed by atoms with Crippen LogP contribution in [0.1, 0.15) is 28.4 Å². The number of hydrogen-bond acceptors (Lipinski definition) is 6. The molecule has 2 aromatic carbocycles. The Labute approximate surface area is 163 Å². The first-order valence-corrected chi connectivity index (χ1v) is 9.88. The Balaban J connectivity index is 2.21. The van der Waals surface area contributed by atoms with E-state index in [1.807, 2.05) is 32.0 Å². The quantitative estimate of drug-likeness (QED) is 0.708. The van der Waals surface area contributed by atoms with Crippen molar-refractivity contribution in [2.24, 2.45) is 5.14 Å². The second-order valence-corrected chi connectivity index (χ2v) is 7.77. The lowest BCUT2D eigenvalue weighted by atomic mass is 10.1. The SMILES string of the molecule is COc1ccc(S(N)(=O)=O)cc1C(=O)O[C@@H](C)C(=O)Nc1c(C)cccc1C. The Bertz CT molecular complexity index is 997. The molecular weight excluding hydrogens is 384 g/mol. The number of esters is 1. The van der Waals surface area contributed by atoms with Crippen molar-refractivity contribution in [2.75, 3.05) is 12.4 Å². The Hall–Kier alpha value is -2.91. The summed E-state index contributed by atoms with van der Waals surface area (Å²) >= 11 is 0. The van der Waals surface area contributed by atoms with Gasteiger partial charge in [0.15, 0.2) is 6.10 Å². The number of ether oxygens (including phenoxy) is 2. The van der Waals surface area contributed by atoms with Crippen LogP contribution in [0, 0.1) is 13.8 Å². The largest absolute Gasteiger partial charge is 0.496 e. The zero-order valence-electron chi connectivity index (χ0n) is 16.0. The van der Waals surface area contributed by atoms with Gasteiger partial charge < -0.3 is 14.8 Å². The molecule has 0 aliphatic heterocycles. The van der Waals surface area contributed by atoms with E-state index in [0.29, 0.717) is 5.69 Å². The molecule has 0 aliphatic carbocycles. The zero-order valence-corrected chi connectivity index (χ0v) is 16.8. The van der Waals surface area contributed by atoms with Crippen molar-refractivity contribution in [1.29, 1.82) is 0 Å². The highest BCUT2D eigenvalue weighted by atomic mass is 32.2. The normalized spacial score (nSPS) is 12.2. The first-order valence-electron chi connectivity index (χ1n) is 8.33. The summed E-state index contributed by atoms with van der Waals surface area (Å²) in [6.45, 7) is 5.11. The average molecular weight is 406 g/mol. The smallest absolute Gasteiger partial charge is 0.342 e. The van der Waals surface area contributed by atoms with Crippen molar-refractivity contribution in [3.63, 3.8) is 0 Å². The van der Waals surface area contributed by atoms with Gasteiger partial charge in [0.2, 0.25) is 10.0 Å². The molecule has 0 saturated heterocycles. The van der Waals surface area contributed by atoms with E-state index in [4.69, 9.17) is 14.6 Å². The van der Waals surface area contributed by atoms with Gasteiger partial charge in [-0.1, -0.05) is 18.2 Å². The standard InChI is InChI=1S/C19H22N2O6S/c1-11-6-5-7-12(2)17(11)21-18(22)13(3)27-19(23)15-10-14(28(20,24)25)8-9-16(15)26-4/h5-10,13H,1-4H3,(H,21,22)(H2,20,24,25)/t13-/m0/s1. The van der Waals surface area contributed by atoms with E-state index in [0.717, 1.165) is 17.2 Å². The number of primary sulfonamides is 1. The number of carbonyl (C=O) groups excluding carboxylic acids is 2. The third kappa shape index (κ3) is 4.87. The predicted octanol–water partition coefficient (Wildman–Crippen LogP) is 2.14. The van der Waals surface area contributed by atoms with Gasteiger partial charge in [0.05, 0.1) is 12.0 Å². The molecule has 1 atom stereocenters. The third-order valence-electron chi connectivity index (χ3n) is 4.10. The van der Waals surface area contributed by atoms with E-state index in [1.165, 1.54) is 26.2 Å². The minimum Gasteiger partial charge on any atom is -0.496 e. The lowest BCUT2D eigenvalue weighted by Crippen LogP contribution is -2.30. The van der Waals surface area contributed by atoms with E-state index in [2.05, 4.69) is 5.32 Å². The van der Waals surface area contributed by atoms with Gasteiger partial charge in [-0.15, -0.1) is 0 Å². The van der Waals surface area contributed by atoms with Crippen LogP contribution >= 0.6 is 0 Å². The molecule has 0 bridgehead atoms. The van der Waals surface area contributed by atoms with Crippen molar-refractivity contribution >= 4 is 27.6 Å². The number of nitrogens with one attached hydrogen (secondary N) is 1. The molecule has 0 spiro atoms. The fraction of sp³-hybridized carbons (Fsp3) is 0.263. The molecule has 150 valence electrons. The van der Waals surface area contributed by atoms with Crippen molar-refractivity contribution < 1.29 is 27.5 Å². The highest BCUT2D eigenvalue weighted by molar-refractivity contribution is 7.89. The first-order chi connectivity index (χ1) is 13.0. The lowest BCUT2D eigenvalue weighted by Gasteiger charge is -2.17. The lowest BCUT2D eigenvalue weighted by molar-refractivity contribution is -0.123. The molecule has 3 N–H and O–H groups in total. The molecule has 0 fully saturated rings. The summed E-state index contributed by atoms with van der Waals surface area (Å²) < 4.78 is 33.3. The van der Waals surface area contributed by atoms with Gasteiger partial charge >= 0.3 is 5.97 Å². The number of sulfonamides is 1. The third-order valence-corrected chi connectivity index (χ3v) is 5.01. The van der Waals surface area contributed by atoms with Crippen molar-refractivity contribution in [2.45, 2.75) is 31.8 Å². The number of hydrogen-bond donors (Lipinski definition) is 2. The van der Waals surface area contributed by atoms with Crippen LogP contribution in [-0.4, -0.2) is 33.5 Å². The minimum atomic E-state index is -4.02. The summed E-state index contributed by atoms with van der Waals surface area (Å²) in [4.78, 5) is 24.6.